The van der Waals surface area contributed by atoms with Gasteiger partial charge in [0.2, 0.25) is 0 Å². The smallest absolute Gasteiger partial charge is 0.0413 e. The minimum atomic E-state index is 0.523. The van der Waals surface area contributed by atoms with Gasteiger partial charge in [0, 0.05) is 44.0 Å². The maximum atomic E-state index is 3.55. The standard InChI is InChI=1S/C17H29N3/c1-13(2)18-11-16-10-14(3)6-7-17(16)20-9-8-19(5)15(4)12-20/h6-7,10,13,15,18H,8-9,11-12H2,1-5H3. The summed E-state index contributed by atoms with van der Waals surface area (Å²) in [6, 6.07) is 8.00. The van der Waals surface area contributed by atoms with Crippen molar-refractivity contribution in [2.45, 2.75) is 46.3 Å². The van der Waals surface area contributed by atoms with Crippen molar-refractivity contribution in [2.75, 3.05) is 31.6 Å². The number of rotatable bonds is 4. The number of anilines is 1. The van der Waals surface area contributed by atoms with Gasteiger partial charge in [0.1, 0.15) is 0 Å². The molecule has 20 heavy (non-hydrogen) atoms. The highest BCUT2D eigenvalue weighted by Gasteiger charge is 2.22. The molecule has 0 aliphatic carbocycles. The third-order valence-corrected chi connectivity index (χ3v) is 4.24. The Morgan fingerprint density at radius 3 is 2.70 bits per heavy atom. The molecule has 1 atom stereocenters. The second-order valence-electron chi connectivity index (χ2n) is 6.44. The van der Waals surface area contributed by atoms with E-state index in [1.165, 1.54) is 16.8 Å². The minimum absolute atomic E-state index is 0.523. The van der Waals surface area contributed by atoms with Crippen molar-refractivity contribution in [3.63, 3.8) is 0 Å². The number of aryl methyl sites for hydroxylation is 1. The molecule has 1 aliphatic rings. The molecular formula is C17H29N3. The van der Waals surface area contributed by atoms with Gasteiger partial charge in [0.15, 0.2) is 0 Å². The Bertz CT molecular complexity index is 442. The summed E-state index contributed by atoms with van der Waals surface area (Å²) in [5.41, 5.74) is 4.18. The van der Waals surface area contributed by atoms with Crippen molar-refractivity contribution in [3.8, 4) is 0 Å². The van der Waals surface area contributed by atoms with Crippen LogP contribution in [-0.2, 0) is 6.54 Å². The third-order valence-electron chi connectivity index (χ3n) is 4.24. The molecule has 1 aliphatic heterocycles. The highest BCUT2D eigenvalue weighted by Crippen LogP contribution is 2.24. The maximum absolute atomic E-state index is 3.55. The molecule has 1 fully saturated rings. The highest BCUT2D eigenvalue weighted by molar-refractivity contribution is 5.55. The molecule has 1 N–H and O–H groups in total. The van der Waals surface area contributed by atoms with Crippen molar-refractivity contribution in [1.82, 2.24) is 10.2 Å². The van der Waals surface area contributed by atoms with E-state index in [-0.39, 0.29) is 0 Å². The normalized spacial score (nSPS) is 20.7. The number of piperazine rings is 1. The predicted octanol–water partition coefficient (Wildman–Crippen LogP) is 2.63. The quantitative estimate of drug-likeness (QED) is 0.911. The summed E-state index contributed by atoms with van der Waals surface area (Å²) in [4.78, 5) is 4.98. The molecule has 2 rings (SSSR count). The van der Waals surface area contributed by atoms with Gasteiger partial charge in [-0.3, -0.25) is 0 Å². The van der Waals surface area contributed by atoms with Gasteiger partial charge in [-0.2, -0.15) is 0 Å². The molecular weight excluding hydrogens is 246 g/mol. The molecule has 3 heteroatoms. The summed E-state index contributed by atoms with van der Waals surface area (Å²) >= 11 is 0. The molecule has 112 valence electrons. The summed E-state index contributed by atoms with van der Waals surface area (Å²) in [5.74, 6) is 0. The van der Waals surface area contributed by atoms with Gasteiger partial charge in [-0.15, -0.1) is 0 Å². The van der Waals surface area contributed by atoms with Crippen LogP contribution in [0.3, 0.4) is 0 Å². The second-order valence-corrected chi connectivity index (χ2v) is 6.44. The van der Waals surface area contributed by atoms with Crippen molar-refractivity contribution in [3.05, 3.63) is 29.3 Å². The Hall–Kier alpha value is -1.06. The first-order valence-electron chi connectivity index (χ1n) is 7.75. The fourth-order valence-corrected chi connectivity index (χ4v) is 2.75. The fourth-order valence-electron chi connectivity index (χ4n) is 2.75. The van der Waals surface area contributed by atoms with E-state index in [4.69, 9.17) is 0 Å². The summed E-state index contributed by atoms with van der Waals surface area (Å²) in [6.07, 6.45) is 0. The van der Waals surface area contributed by atoms with Crippen LogP contribution in [0.15, 0.2) is 18.2 Å². The van der Waals surface area contributed by atoms with E-state index in [0.717, 1.165) is 26.2 Å². The van der Waals surface area contributed by atoms with Gasteiger partial charge in [-0.25, -0.2) is 0 Å². The lowest BCUT2D eigenvalue weighted by atomic mass is 10.1. The molecule has 0 saturated carbocycles. The lowest BCUT2D eigenvalue weighted by molar-refractivity contribution is 0.234. The van der Waals surface area contributed by atoms with E-state index in [1.807, 2.05) is 0 Å². The molecule has 0 spiro atoms. The number of nitrogens with zero attached hydrogens (tertiary/aromatic N) is 2. The molecule has 1 heterocycles. The average Bonchev–Trinajstić information content (AvgIpc) is 2.40. The zero-order valence-corrected chi connectivity index (χ0v) is 13.6. The number of hydrogen-bond donors (Lipinski definition) is 1. The maximum Gasteiger partial charge on any atom is 0.0413 e. The predicted molar refractivity (Wildman–Crippen MR) is 87.5 cm³/mol. The number of nitrogens with one attached hydrogen (secondary N) is 1. The van der Waals surface area contributed by atoms with Crippen molar-refractivity contribution < 1.29 is 0 Å². The number of hydrogen-bond acceptors (Lipinski definition) is 3. The van der Waals surface area contributed by atoms with E-state index < -0.39 is 0 Å². The summed E-state index contributed by atoms with van der Waals surface area (Å²) < 4.78 is 0. The SMILES string of the molecule is Cc1ccc(N2CCN(C)C(C)C2)c(CNC(C)C)c1. The Morgan fingerprint density at radius 1 is 1.30 bits per heavy atom. The molecule has 1 aromatic carbocycles. The topological polar surface area (TPSA) is 18.5 Å². The summed E-state index contributed by atoms with van der Waals surface area (Å²) in [7, 11) is 2.22. The van der Waals surface area contributed by atoms with Gasteiger partial charge in [-0.05, 0) is 32.5 Å². The van der Waals surface area contributed by atoms with Gasteiger partial charge in [-0.1, -0.05) is 31.5 Å². The highest BCUT2D eigenvalue weighted by atomic mass is 15.3. The van der Waals surface area contributed by atoms with Crippen LogP contribution in [0, 0.1) is 6.92 Å². The largest absolute Gasteiger partial charge is 0.368 e. The van der Waals surface area contributed by atoms with E-state index in [0.29, 0.717) is 12.1 Å². The third kappa shape index (κ3) is 3.74. The summed E-state index contributed by atoms with van der Waals surface area (Å²) in [6.45, 7) is 13.2. The second kappa shape index (κ2) is 6.59. The fraction of sp³-hybridized carbons (Fsp3) is 0.647. The van der Waals surface area contributed by atoms with Crippen molar-refractivity contribution >= 4 is 5.69 Å². The lowest BCUT2D eigenvalue weighted by Crippen LogP contribution is -2.50. The zero-order valence-electron chi connectivity index (χ0n) is 13.6. The molecule has 0 bridgehead atoms. The van der Waals surface area contributed by atoms with E-state index >= 15 is 0 Å². The first-order chi connectivity index (χ1) is 9.47. The van der Waals surface area contributed by atoms with Crippen LogP contribution in [0.2, 0.25) is 0 Å². The number of likely N-dealkylation sites (N-methyl/N-ethyl adjacent to an activating group) is 1. The molecule has 3 nitrogen and oxygen atoms in total. The van der Waals surface area contributed by atoms with Crippen molar-refractivity contribution in [1.29, 1.82) is 0 Å². The molecule has 0 aromatic heterocycles. The van der Waals surface area contributed by atoms with Gasteiger partial charge < -0.3 is 15.1 Å². The molecule has 0 amide bonds. The Morgan fingerprint density at radius 2 is 2.05 bits per heavy atom. The average molecular weight is 275 g/mol. The Balaban J connectivity index is 2.17. The van der Waals surface area contributed by atoms with E-state index in [1.54, 1.807) is 0 Å². The molecule has 0 radical (unpaired) electrons. The van der Waals surface area contributed by atoms with E-state index in [9.17, 15) is 0 Å². The van der Waals surface area contributed by atoms with Crippen LogP contribution >= 0.6 is 0 Å². The van der Waals surface area contributed by atoms with Crippen LogP contribution < -0.4 is 10.2 Å². The van der Waals surface area contributed by atoms with Crippen LogP contribution in [0.25, 0.3) is 0 Å². The zero-order chi connectivity index (χ0) is 14.7. The van der Waals surface area contributed by atoms with Crippen molar-refractivity contribution in [2.24, 2.45) is 0 Å². The van der Waals surface area contributed by atoms with Crippen LogP contribution in [0.1, 0.15) is 31.9 Å². The monoisotopic (exact) mass is 275 g/mol. The first kappa shape index (κ1) is 15.3. The molecule has 1 aromatic rings. The van der Waals surface area contributed by atoms with Gasteiger partial charge >= 0.3 is 0 Å². The summed E-state index contributed by atoms with van der Waals surface area (Å²) in [5, 5.41) is 3.55. The Labute approximate surface area is 124 Å². The minimum Gasteiger partial charge on any atom is -0.368 e. The van der Waals surface area contributed by atoms with E-state index in [2.05, 4.69) is 68.1 Å². The Kier molecular flexibility index (Phi) is 5.06. The number of benzene rings is 1. The molecule has 1 unspecified atom stereocenters. The van der Waals surface area contributed by atoms with Crippen LogP contribution in [0.4, 0.5) is 5.69 Å². The molecule has 1 saturated heterocycles. The van der Waals surface area contributed by atoms with Gasteiger partial charge in [0.25, 0.3) is 0 Å². The van der Waals surface area contributed by atoms with Crippen LogP contribution in [-0.4, -0.2) is 43.7 Å². The van der Waals surface area contributed by atoms with Crippen LogP contribution in [0.5, 0.6) is 0 Å². The van der Waals surface area contributed by atoms with Gasteiger partial charge in [0.05, 0.1) is 0 Å². The first-order valence-corrected chi connectivity index (χ1v) is 7.75. The lowest BCUT2D eigenvalue weighted by Gasteiger charge is -2.40.